The summed E-state index contributed by atoms with van der Waals surface area (Å²) in [5, 5.41) is 13.4. The van der Waals surface area contributed by atoms with E-state index in [1.165, 1.54) is 10.7 Å². The van der Waals surface area contributed by atoms with Crippen molar-refractivity contribution in [3.8, 4) is 11.4 Å². The number of rotatable bonds is 6. The highest BCUT2D eigenvalue weighted by molar-refractivity contribution is 5.86. The van der Waals surface area contributed by atoms with Crippen molar-refractivity contribution in [1.29, 1.82) is 0 Å². The molecule has 0 unspecified atom stereocenters. The molecule has 0 aliphatic carbocycles. The number of hydrogen-bond acceptors (Lipinski definition) is 3. The number of nitrogens with zero attached hydrogens (tertiary/aromatic N) is 2. The average Bonchev–Trinajstić information content (AvgIpc) is 2.81. The Hall–Kier alpha value is -2.56. The molecule has 0 spiro atoms. The smallest absolute Gasteiger partial charge is 0.354 e. The molecule has 1 heterocycles. The molecule has 0 radical (unpaired) electrons. The van der Waals surface area contributed by atoms with Gasteiger partial charge in [0, 0.05) is 12.5 Å². The van der Waals surface area contributed by atoms with Crippen LogP contribution in [-0.4, -0.2) is 27.5 Å². The minimum absolute atomic E-state index is 0.131. The zero-order chi connectivity index (χ0) is 15.4. The Bertz CT molecular complexity index is 674. The Balaban J connectivity index is 2.25. The summed E-state index contributed by atoms with van der Waals surface area (Å²) in [6.07, 6.45) is 0.783. The summed E-state index contributed by atoms with van der Waals surface area (Å²) in [6.45, 7) is 8.08. The fraction of sp³-hybridized carbons (Fsp3) is 0.250. The molecule has 110 valence electrons. The van der Waals surface area contributed by atoms with Gasteiger partial charge in [0.05, 0.1) is 18.0 Å². The van der Waals surface area contributed by atoms with E-state index in [1.54, 1.807) is 19.1 Å². The second-order valence-corrected chi connectivity index (χ2v) is 4.94. The van der Waals surface area contributed by atoms with Crippen LogP contribution in [0.4, 0.5) is 0 Å². The van der Waals surface area contributed by atoms with Gasteiger partial charge in [-0.3, -0.25) is 0 Å². The van der Waals surface area contributed by atoms with Gasteiger partial charge in [-0.2, -0.15) is 5.10 Å². The van der Waals surface area contributed by atoms with Crippen LogP contribution in [0.25, 0.3) is 5.69 Å². The molecule has 21 heavy (non-hydrogen) atoms. The fourth-order valence-electron chi connectivity index (χ4n) is 1.90. The summed E-state index contributed by atoms with van der Waals surface area (Å²) in [7, 11) is 0. The lowest BCUT2D eigenvalue weighted by Gasteiger charge is -2.09. The molecule has 0 bridgehead atoms. The van der Waals surface area contributed by atoms with Crippen LogP contribution in [0.15, 0.2) is 42.5 Å². The normalized spacial score (nSPS) is 10.4. The largest absolute Gasteiger partial charge is 0.493 e. The first-order valence-corrected chi connectivity index (χ1v) is 6.65. The lowest BCUT2D eigenvalue weighted by atomic mass is 10.2. The van der Waals surface area contributed by atoms with E-state index in [4.69, 9.17) is 4.74 Å². The van der Waals surface area contributed by atoms with Gasteiger partial charge in [0.1, 0.15) is 5.75 Å². The van der Waals surface area contributed by atoms with Gasteiger partial charge >= 0.3 is 5.97 Å². The van der Waals surface area contributed by atoms with Gasteiger partial charge < -0.3 is 9.84 Å². The maximum absolute atomic E-state index is 11.2. The lowest BCUT2D eigenvalue weighted by molar-refractivity contribution is 0.0687. The van der Waals surface area contributed by atoms with Gasteiger partial charge in [-0.15, -0.1) is 6.58 Å². The third-order valence-electron chi connectivity index (χ3n) is 2.91. The summed E-state index contributed by atoms with van der Waals surface area (Å²) in [5.74, 6) is -0.331. The summed E-state index contributed by atoms with van der Waals surface area (Å²) in [5.41, 5.74) is 2.50. The molecule has 0 saturated heterocycles. The highest BCUT2D eigenvalue weighted by Gasteiger charge is 2.14. The number of carbonyl (C=O) groups is 1. The third kappa shape index (κ3) is 3.72. The highest BCUT2D eigenvalue weighted by atomic mass is 16.5. The van der Waals surface area contributed by atoms with Gasteiger partial charge in [0.2, 0.25) is 0 Å². The number of carboxylic acid groups (broad SMARTS) is 1. The number of aryl methyl sites for hydroxylation is 1. The quantitative estimate of drug-likeness (QED) is 0.828. The SMILES string of the molecule is C=C(C)CCOc1cccc(-n2nc(C)cc2C(=O)O)c1. The van der Waals surface area contributed by atoms with E-state index in [9.17, 15) is 9.90 Å². The second-order valence-electron chi connectivity index (χ2n) is 4.94. The van der Waals surface area contributed by atoms with Crippen LogP contribution in [0.2, 0.25) is 0 Å². The van der Waals surface area contributed by atoms with Crippen LogP contribution in [-0.2, 0) is 0 Å². The van der Waals surface area contributed by atoms with Gasteiger partial charge in [0.25, 0.3) is 0 Å². The zero-order valence-corrected chi connectivity index (χ0v) is 12.2. The Morgan fingerprint density at radius 1 is 1.43 bits per heavy atom. The highest BCUT2D eigenvalue weighted by Crippen LogP contribution is 2.19. The maximum Gasteiger partial charge on any atom is 0.354 e. The molecule has 1 N–H and O–H groups in total. The molecule has 0 fully saturated rings. The molecule has 0 saturated carbocycles. The van der Waals surface area contributed by atoms with E-state index in [0.29, 0.717) is 23.7 Å². The molecule has 1 aromatic carbocycles. The number of aromatic carboxylic acids is 1. The van der Waals surface area contributed by atoms with Crippen LogP contribution >= 0.6 is 0 Å². The Kier molecular flexibility index (Phi) is 4.42. The minimum Gasteiger partial charge on any atom is -0.493 e. The van der Waals surface area contributed by atoms with Crippen molar-refractivity contribution >= 4 is 5.97 Å². The van der Waals surface area contributed by atoms with Crippen LogP contribution in [0.1, 0.15) is 29.5 Å². The Morgan fingerprint density at radius 3 is 2.86 bits per heavy atom. The number of carboxylic acids is 1. The first-order valence-electron chi connectivity index (χ1n) is 6.65. The topological polar surface area (TPSA) is 64.4 Å². The first-order chi connectivity index (χ1) is 9.97. The third-order valence-corrected chi connectivity index (χ3v) is 2.91. The van der Waals surface area contributed by atoms with Gasteiger partial charge in [-0.1, -0.05) is 11.6 Å². The second kappa shape index (κ2) is 6.26. The lowest BCUT2D eigenvalue weighted by Crippen LogP contribution is -2.08. The maximum atomic E-state index is 11.2. The zero-order valence-electron chi connectivity index (χ0n) is 12.2. The predicted octanol–water partition coefficient (Wildman–Crippen LogP) is 3.22. The fourth-order valence-corrected chi connectivity index (χ4v) is 1.90. The molecule has 0 aliphatic heterocycles. The molecule has 5 heteroatoms. The minimum atomic E-state index is -1.01. The number of ether oxygens (including phenoxy) is 1. The predicted molar refractivity (Wildman–Crippen MR) is 80.2 cm³/mol. The van der Waals surface area contributed by atoms with Crippen molar-refractivity contribution < 1.29 is 14.6 Å². The van der Waals surface area contributed by atoms with Crippen molar-refractivity contribution in [2.75, 3.05) is 6.61 Å². The number of benzene rings is 1. The molecule has 1 aromatic heterocycles. The summed E-state index contributed by atoms with van der Waals surface area (Å²) >= 11 is 0. The van der Waals surface area contributed by atoms with Crippen LogP contribution in [0.3, 0.4) is 0 Å². The van der Waals surface area contributed by atoms with Crippen molar-refractivity contribution in [3.05, 3.63) is 53.9 Å². The Morgan fingerprint density at radius 2 is 2.19 bits per heavy atom. The van der Waals surface area contributed by atoms with E-state index < -0.39 is 5.97 Å². The number of aromatic nitrogens is 2. The molecule has 2 rings (SSSR count). The van der Waals surface area contributed by atoms with Crippen LogP contribution in [0, 0.1) is 6.92 Å². The van der Waals surface area contributed by atoms with Gasteiger partial charge in [-0.25, -0.2) is 9.48 Å². The summed E-state index contributed by atoms with van der Waals surface area (Å²) < 4.78 is 7.04. The van der Waals surface area contributed by atoms with E-state index in [1.807, 2.05) is 19.1 Å². The molecular weight excluding hydrogens is 268 g/mol. The first kappa shape index (κ1) is 14.8. The van der Waals surface area contributed by atoms with Crippen LogP contribution in [0.5, 0.6) is 5.75 Å². The molecule has 0 amide bonds. The van der Waals surface area contributed by atoms with E-state index in [-0.39, 0.29) is 5.69 Å². The van der Waals surface area contributed by atoms with Gasteiger partial charge in [-0.05, 0) is 32.0 Å². The van der Waals surface area contributed by atoms with Crippen molar-refractivity contribution in [2.24, 2.45) is 0 Å². The molecule has 0 atom stereocenters. The van der Waals surface area contributed by atoms with Crippen molar-refractivity contribution in [1.82, 2.24) is 9.78 Å². The van der Waals surface area contributed by atoms with Crippen molar-refractivity contribution in [2.45, 2.75) is 20.3 Å². The van der Waals surface area contributed by atoms with Crippen LogP contribution < -0.4 is 4.74 Å². The Labute approximate surface area is 123 Å². The molecular formula is C16H18N2O3. The standard InChI is InChI=1S/C16H18N2O3/c1-11(2)7-8-21-14-6-4-5-13(10-14)18-15(16(19)20)9-12(3)17-18/h4-6,9-10H,1,7-8H2,2-3H3,(H,19,20). The number of hydrogen-bond donors (Lipinski definition) is 1. The summed E-state index contributed by atoms with van der Waals surface area (Å²) in [6, 6.07) is 8.76. The van der Waals surface area contributed by atoms with E-state index >= 15 is 0 Å². The molecule has 0 aliphatic rings. The molecule has 5 nitrogen and oxygen atoms in total. The monoisotopic (exact) mass is 286 g/mol. The average molecular weight is 286 g/mol. The van der Waals surface area contributed by atoms with Crippen molar-refractivity contribution in [3.63, 3.8) is 0 Å². The molecule has 2 aromatic rings. The summed E-state index contributed by atoms with van der Waals surface area (Å²) in [4.78, 5) is 11.2. The van der Waals surface area contributed by atoms with E-state index in [2.05, 4.69) is 11.7 Å². The van der Waals surface area contributed by atoms with E-state index in [0.717, 1.165) is 12.0 Å². The van der Waals surface area contributed by atoms with Gasteiger partial charge in [0.15, 0.2) is 5.69 Å².